The average molecular weight is 350 g/mol. The zero-order valence-electron chi connectivity index (χ0n) is 8.92. The van der Waals surface area contributed by atoms with E-state index in [1.54, 1.807) is 4.74 Å². The van der Waals surface area contributed by atoms with E-state index in [1.807, 2.05) is 0 Å². The number of rotatable bonds is 6. The molecule has 0 heterocycles. The summed E-state index contributed by atoms with van der Waals surface area (Å²) in [5, 5.41) is 0. The molecule has 3 nitrogen and oxygen atoms in total. The van der Waals surface area contributed by atoms with Gasteiger partial charge in [-0.25, -0.2) is 4.74 Å². The summed E-state index contributed by atoms with van der Waals surface area (Å²) in [6.45, 7) is -4.40. The van der Waals surface area contributed by atoms with Crippen molar-refractivity contribution in [1.82, 2.24) is 0 Å². The number of halogens is 12. The Balaban J connectivity index is 5.20. The van der Waals surface area contributed by atoms with Gasteiger partial charge in [0, 0.05) is 0 Å². The number of hydrogen-bond donors (Lipinski definition) is 0. The molecule has 0 fully saturated rings. The Kier molecular flexibility index (Phi) is 5.76. The van der Waals surface area contributed by atoms with Crippen LogP contribution in [-0.4, -0.2) is 37.7 Å². The molecule has 0 rings (SSSR count). The predicted molar refractivity (Wildman–Crippen MR) is 35.1 cm³/mol. The van der Waals surface area contributed by atoms with Gasteiger partial charge in [0.25, 0.3) is 6.29 Å². The summed E-state index contributed by atoms with van der Waals surface area (Å²) < 4.78 is 149. The molecule has 0 radical (unpaired) electrons. The van der Waals surface area contributed by atoms with Crippen LogP contribution in [0.4, 0.5) is 52.7 Å². The van der Waals surface area contributed by atoms with Crippen molar-refractivity contribution < 1.29 is 66.9 Å². The summed E-state index contributed by atoms with van der Waals surface area (Å²) in [5.74, 6) is 0. The highest BCUT2D eigenvalue weighted by Gasteiger charge is 2.67. The van der Waals surface area contributed by atoms with Crippen molar-refractivity contribution in [2.45, 2.75) is 37.7 Å². The monoisotopic (exact) mass is 350 g/mol. The molecule has 0 amide bonds. The van der Waals surface area contributed by atoms with Gasteiger partial charge in [0.15, 0.2) is 0 Å². The molecule has 1 atom stereocenters. The molecule has 128 valence electrons. The van der Waals surface area contributed by atoms with E-state index in [9.17, 15) is 52.7 Å². The van der Waals surface area contributed by atoms with Crippen LogP contribution >= 0.6 is 0 Å². The maximum Gasteiger partial charge on any atom is 0.527 e. The first kappa shape index (κ1) is 20.0. The van der Waals surface area contributed by atoms with Crippen LogP contribution < -0.4 is 0 Å². The Morgan fingerprint density at radius 1 is 0.667 bits per heavy atom. The maximum atomic E-state index is 12.5. The quantitative estimate of drug-likeness (QED) is 0.538. The van der Waals surface area contributed by atoms with Gasteiger partial charge in [-0.1, -0.05) is 0 Å². The zero-order valence-corrected chi connectivity index (χ0v) is 8.92. The fourth-order valence-corrected chi connectivity index (χ4v) is 0.673. The van der Waals surface area contributed by atoms with Crippen molar-refractivity contribution in [3.63, 3.8) is 0 Å². The van der Waals surface area contributed by atoms with Gasteiger partial charge < -0.3 is 0 Å². The van der Waals surface area contributed by atoms with E-state index in [2.05, 4.69) is 9.47 Å². The van der Waals surface area contributed by atoms with Gasteiger partial charge in [-0.2, -0.15) is 39.5 Å². The molecule has 21 heavy (non-hydrogen) atoms. The van der Waals surface area contributed by atoms with Crippen molar-refractivity contribution >= 4 is 0 Å². The summed E-state index contributed by atoms with van der Waals surface area (Å²) in [7, 11) is 0. The molecule has 0 aromatic heterocycles. The van der Waals surface area contributed by atoms with Crippen LogP contribution in [0.25, 0.3) is 0 Å². The van der Waals surface area contributed by atoms with E-state index in [1.165, 1.54) is 0 Å². The van der Waals surface area contributed by atoms with Gasteiger partial charge in [-0.05, 0) is 0 Å². The first-order valence-electron chi connectivity index (χ1n) is 4.18. The molecule has 0 saturated carbocycles. The minimum absolute atomic E-state index is 1.59. The summed E-state index contributed by atoms with van der Waals surface area (Å²) in [6, 6.07) is 0. The van der Waals surface area contributed by atoms with Crippen LogP contribution in [0, 0.1) is 0 Å². The highest BCUT2D eigenvalue weighted by Crippen LogP contribution is 2.43. The van der Waals surface area contributed by atoms with Crippen molar-refractivity contribution in [3.05, 3.63) is 0 Å². The van der Waals surface area contributed by atoms with Gasteiger partial charge >= 0.3 is 31.4 Å². The molecular weight excluding hydrogens is 348 g/mol. The lowest BCUT2D eigenvalue weighted by atomic mass is 10.5. The minimum atomic E-state index is -6.64. The van der Waals surface area contributed by atoms with E-state index in [4.69, 9.17) is 0 Å². The first-order chi connectivity index (χ1) is 8.98. The zero-order chi connectivity index (χ0) is 17.3. The molecule has 0 bridgehead atoms. The smallest absolute Gasteiger partial charge is 0.283 e. The maximum absolute atomic E-state index is 12.5. The topological polar surface area (TPSA) is 27.7 Å². The van der Waals surface area contributed by atoms with Crippen LogP contribution in [0.3, 0.4) is 0 Å². The molecule has 0 aliphatic carbocycles. The van der Waals surface area contributed by atoms with Crippen LogP contribution in [0.1, 0.15) is 0 Å². The second-order valence-corrected chi connectivity index (χ2v) is 2.97. The molecule has 0 saturated heterocycles. The Hall–Kier alpha value is -0.960. The fourth-order valence-electron chi connectivity index (χ4n) is 0.673. The molecule has 0 aromatic rings. The standard InChI is InChI=1S/C6H2F12O3/c7-2(8)19-1(3(9,10)11)20-4(12,13)5(14,15)21-6(16,17)18/h1-2H. The minimum Gasteiger partial charge on any atom is -0.283 e. The lowest BCUT2D eigenvalue weighted by molar-refractivity contribution is -0.528. The van der Waals surface area contributed by atoms with Gasteiger partial charge in [0.1, 0.15) is 0 Å². The van der Waals surface area contributed by atoms with Gasteiger partial charge in [-0.3, -0.25) is 9.47 Å². The highest BCUT2D eigenvalue weighted by molar-refractivity contribution is 4.70. The summed E-state index contributed by atoms with van der Waals surface area (Å²) in [4.78, 5) is 0. The first-order valence-corrected chi connectivity index (χ1v) is 4.18. The van der Waals surface area contributed by atoms with Gasteiger partial charge in [-0.15, -0.1) is 13.2 Å². The third-order valence-corrected chi connectivity index (χ3v) is 1.33. The molecule has 0 spiro atoms. The number of alkyl halides is 12. The van der Waals surface area contributed by atoms with E-state index in [0.717, 1.165) is 0 Å². The summed E-state index contributed by atoms with van der Waals surface area (Å²) in [5.41, 5.74) is 0. The lowest BCUT2D eigenvalue weighted by Gasteiger charge is -2.30. The van der Waals surface area contributed by atoms with Crippen LogP contribution in [0.2, 0.25) is 0 Å². The van der Waals surface area contributed by atoms with Crippen molar-refractivity contribution in [1.29, 1.82) is 0 Å². The predicted octanol–water partition coefficient (Wildman–Crippen LogP) is 3.85. The Morgan fingerprint density at radius 3 is 1.38 bits per heavy atom. The van der Waals surface area contributed by atoms with E-state index < -0.39 is 37.7 Å². The summed E-state index contributed by atoms with van der Waals surface area (Å²) in [6.07, 6.45) is -30.4. The van der Waals surface area contributed by atoms with E-state index in [0.29, 0.717) is 0 Å². The van der Waals surface area contributed by atoms with Gasteiger partial charge in [0.2, 0.25) is 0 Å². The average Bonchev–Trinajstić information content (AvgIpc) is 2.09. The van der Waals surface area contributed by atoms with Crippen LogP contribution in [-0.2, 0) is 14.2 Å². The second kappa shape index (κ2) is 6.04. The number of hydrogen-bond acceptors (Lipinski definition) is 3. The van der Waals surface area contributed by atoms with Crippen molar-refractivity contribution in [2.75, 3.05) is 0 Å². The Bertz CT molecular complexity index is 333. The van der Waals surface area contributed by atoms with E-state index >= 15 is 0 Å². The van der Waals surface area contributed by atoms with Crippen molar-refractivity contribution in [3.8, 4) is 0 Å². The largest absolute Gasteiger partial charge is 0.527 e. The molecule has 0 aliphatic heterocycles. The normalized spacial score (nSPS) is 16.4. The van der Waals surface area contributed by atoms with Crippen molar-refractivity contribution in [2.24, 2.45) is 0 Å². The fraction of sp³-hybridized carbons (Fsp3) is 1.00. The SMILES string of the molecule is FC(F)OC(OC(F)(F)C(F)(F)OC(F)(F)F)C(F)(F)F. The molecule has 0 aromatic carbocycles. The van der Waals surface area contributed by atoms with Crippen LogP contribution in [0.15, 0.2) is 0 Å². The number of ether oxygens (including phenoxy) is 3. The Labute approximate surface area is 106 Å². The third-order valence-electron chi connectivity index (χ3n) is 1.33. The summed E-state index contributed by atoms with van der Waals surface area (Å²) >= 11 is 0. The van der Waals surface area contributed by atoms with Crippen LogP contribution in [0.5, 0.6) is 0 Å². The molecule has 0 aliphatic rings. The van der Waals surface area contributed by atoms with E-state index in [-0.39, 0.29) is 0 Å². The molecule has 0 N–H and O–H groups in total. The third kappa shape index (κ3) is 6.56. The molecule has 1 unspecified atom stereocenters. The van der Waals surface area contributed by atoms with Gasteiger partial charge in [0.05, 0.1) is 0 Å². The molecule has 15 heteroatoms. The highest BCUT2D eigenvalue weighted by atomic mass is 19.4. The molecular formula is C6H2F12O3. The second-order valence-electron chi connectivity index (χ2n) is 2.97. The lowest BCUT2D eigenvalue weighted by Crippen LogP contribution is -2.52. The Morgan fingerprint density at radius 2 is 1.10 bits per heavy atom.